The van der Waals surface area contributed by atoms with Crippen molar-refractivity contribution in [1.82, 2.24) is 39.0 Å². The number of carbonyl (C=O) groups excluding carboxylic acids is 1. The topological polar surface area (TPSA) is 86.7 Å². The zero-order valence-electron chi connectivity index (χ0n) is 15.7. The summed E-state index contributed by atoms with van der Waals surface area (Å²) in [7, 11) is 1.99. The standard InChI is InChI=1S/C18H24N8O/c1-3-26-9-6-15(22-26)18(27)25-8-4-5-14(11-25)17-21-20-16(23(17)2)12-24-10-7-19-13-24/h6-7,9-10,13-14H,3-5,8,11-12H2,1-2H3. The number of hydrogen-bond acceptors (Lipinski definition) is 5. The Morgan fingerprint density at radius 1 is 1.30 bits per heavy atom. The average molecular weight is 368 g/mol. The molecule has 0 saturated carbocycles. The number of nitrogens with zero attached hydrogens (tertiary/aromatic N) is 8. The number of piperidine rings is 1. The molecule has 4 rings (SSSR count). The number of hydrogen-bond donors (Lipinski definition) is 0. The van der Waals surface area contributed by atoms with Crippen LogP contribution in [0.1, 0.15) is 47.8 Å². The van der Waals surface area contributed by atoms with E-state index < -0.39 is 0 Å². The monoisotopic (exact) mass is 368 g/mol. The van der Waals surface area contributed by atoms with Gasteiger partial charge in [0.2, 0.25) is 0 Å². The van der Waals surface area contributed by atoms with Gasteiger partial charge in [-0.05, 0) is 25.8 Å². The first-order valence-corrected chi connectivity index (χ1v) is 9.32. The van der Waals surface area contributed by atoms with Crippen molar-refractivity contribution in [1.29, 1.82) is 0 Å². The molecule has 1 amide bonds. The predicted molar refractivity (Wildman–Crippen MR) is 98.1 cm³/mol. The summed E-state index contributed by atoms with van der Waals surface area (Å²) in [5.41, 5.74) is 0.510. The summed E-state index contributed by atoms with van der Waals surface area (Å²) >= 11 is 0. The van der Waals surface area contributed by atoms with Gasteiger partial charge < -0.3 is 14.0 Å². The van der Waals surface area contributed by atoms with Crippen molar-refractivity contribution in [2.45, 2.75) is 38.8 Å². The predicted octanol–water partition coefficient (Wildman–Crippen LogP) is 1.30. The number of aromatic nitrogens is 7. The van der Waals surface area contributed by atoms with Crippen LogP contribution in [-0.4, -0.2) is 58.0 Å². The van der Waals surface area contributed by atoms with E-state index in [1.54, 1.807) is 23.3 Å². The third kappa shape index (κ3) is 3.49. The molecular weight excluding hydrogens is 344 g/mol. The van der Waals surface area contributed by atoms with E-state index in [9.17, 15) is 4.79 Å². The van der Waals surface area contributed by atoms with E-state index in [4.69, 9.17) is 0 Å². The second-order valence-electron chi connectivity index (χ2n) is 6.92. The molecule has 0 spiro atoms. The summed E-state index contributed by atoms with van der Waals surface area (Å²) in [5.74, 6) is 1.99. The molecular formula is C18H24N8O. The van der Waals surface area contributed by atoms with E-state index in [1.165, 1.54) is 0 Å². The fourth-order valence-corrected chi connectivity index (χ4v) is 3.60. The Morgan fingerprint density at radius 2 is 2.19 bits per heavy atom. The van der Waals surface area contributed by atoms with E-state index in [2.05, 4.69) is 20.3 Å². The van der Waals surface area contributed by atoms with Gasteiger partial charge in [-0.25, -0.2) is 4.98 Å². The van der Waals surface area contributed by atoms with E-state index in [0.717, 1.165) is 37.6 Å². The minimum atomic E-state index is -0.00675. The number of likely N-dealkylation sites (tertiary alicyclic amines) is 1. The Labute approximate surface area is 157 Å². The number of rotatable bonds is 5. The van der Waals surface area contributed by atoms with Crippen LogP contribution >= 0.6 is 0 Å². The van der Waals surface area contributed by atoms with Crippen LogP contribution < -0.4 is 0 Å². The molecule has 27 heavy (non-hydrogen) atoms. The van der Waals surface area contributed by atoms with Crippen molar-refractivity contribution in [2.75, 3.05) is 13.1 Å². The van der Waals surface area contributed by atoms with Gasteiger partial charge in [0, 0.05) is 51.2 Å². The molecule has 1 atom stereocenters. The van der Waals surface area contributed by atoms with Crippen LogP contribution in [0.25, 0.3) is 0 Å². The third-order valence-corrected chi connectivity index (χ3v) is 5.14. The van der Waals surface area contributed by atoms with Crippen molar-refractivity contribution in [3.8, 4) is 0 Å². The Kier molecular flexibility index (Phi) is 4.74. The van der Waals surface area contributed by atoms with Gasteiger partial charge in [0.25, 0.3) is 5.91 Å². The van der Waals surface area contributed by atoms with Crippen molar-refractivity contribution in [2.24, 2.45) is 7.05 Å². The molecule has 4 heterocycles. The Balaban J connectivity index is 1.48. The molecule has 1 aliphatic rings. The maximum Gasteiger partial charge on any atom is 0.274 e. The van der Waals surface area contributed by atoms with E-state index in [-0.39, 0.29) is 11.8 Å². The average Bonchev–Trinajstić information content (AvgIpc) is 3.44. The first kappa shape index (κ1) is 17.4. The smallest absolute Gasteiger partial charge is 0.274 e. The maximum atomic E-state index is 12.8. The summed E-state index contributed by atoms with van der Waals surface area (Å²) < 4.78 is 5.79. The molecule has 3 aromatic rings. The van der Waals surface area contributed by atoms with Crippen LogP contribution in [0.3, 0.4) is 0 Å². The Bertz CT molecular complexity index is 910. The minimum Gasteiger partial charge on any atom is -0.337 e. The normalized spacial score (nSPS) is 17.4. The van der Waals surface area contributed by atoms with Crippen molar-refractivity contribution >= 4 is 5.91 Å². The van der Waals surface area contributed by atoms with Gasteiger partial charge in [-0.1, -0.05) is 0 Å². The SMILES string of the molecule is CCn1ccc(C(=O)N2CCCC(c3nnc(Cn4ccnc4)n3C)C2)n1. The molecule has 0 N–H and O–H groups in total. The quantitative estimate of drug-likeness (QED) is 0.677. The molecule has 1 unspecified atom stereocenters. The lowest BCUT2D eigenvalue weighted by Crippen LogP contribution is -2.40. The van der Waals surface area contributed by atoms with E-state index >= 15 is 0 Å². The van der Waals surface area contributed by atoms with E-state index in [1.807, 2.05) is 40.4 Å². The van der Waals surface area contributed by atoms with Crippen LogP contribution in [-0.2, 0) is 20.1 Å². The largest absolute Gasteiger partial charge is 0.337 e. The molecule has 1 saturated heterocycles. The lowest BCUT2D eigenvalue weighted by Gasteiger charge is -2.31. The highest BCUT2D eigenvalue weighted by Crippen LogP contribution is 2.26. The molecule has 0 radical (unpaired) electrons. The summed E-state index contributed by atoms with van der Waals surface area (Å²) in [6, 6.07) is 1.79. The Hall–Kier alpha value is -2.97. The summed E-state index contributed by atoms with van der Waals surface area (Å²) in [6.45, 7) is 4.80. The molecule has 0 aromatic carbocycles. The maximum absolute atomic E-state index is 12.8. The molecule has 142 valence electrons. The molecule has 3 aromatic heterocycles. The highest BCUT2D eigenvalue weighted by Gasteiger charge is 2.29. The first-order chi connectivity index (χ1) is 13.2. The van der Waals surface area contributed by atoms with Gasteiger partial charge in [0.05, 0.1) is 12.9 Å². The van der Waals surface area contributed by atoms with Crippen molar-refractivity contribution < 1.29 is 4.79 Å². The number of aryl methyl sites for hydroxylation is 1. The summed E-state index contributed by atoms with van der Waals surface area (Å²) in [4.78, 5) is 18.8. The molecule has 9 heteroatoms. The van der Waals surface area contributed by atoms with Gasteiger partial charge in [0.15, 0.2) is 5.82 Å². The van der Waals surface area contributed by atoms with Crippen LogP contribution in [0.5, 0.6) is 0 Å². The van der Waals surface area contributed by atoms with Gasteiger partial charge in [-0.2, -0.15) is 5.10 Å². The number of imidazole rings is 1. The first-order valence-electron chi connectivity index (χ1n) is 9.32. The van der Waals surface area contributed by atoms with Crippen LogP contribution in [0, 0.1) is 0 Å². The van der Waals surface area contributed by atoms with Crippen LogP contribution in [0.4, 0.5) is 0 Å². The van der Waals surface area contributed by atoms with Crippen LogP contribution in [0.15, 0.2) is 31.0 Å². The number of carbonyl (C=O) groups is 1. The van der Waals surface area contributed by atoms with Crippen molar-refractivity contribution in [3.63, 3.8) is 0 Å². The van der Waals surface area contributed by atoms with Gasteiger partial charge in [0.1, 0.15) is 11.5 Å². The lowest BCUT2D eigenvalue weighted by molar-refractivity contribution is 0.0696. The van der Waals surface area contributed by atoms with Gasteiger partial charge in [-0.3, -0.25) is 9.48 Å². The molecule has 1 aliphatic heterocycles. The molecule has 1 fully saturated rings. The highest BCUT2D eigenvalue weighted by molar-refractivity contribution is 5.92. The Morgan fingerprint density at radius 3 is 2.93 bits per heavy atom. The third-order valence-electron chi connectivity index (χ3n) is 5.14. The second kappa shape index (κ2) is 7.34. The van der Waals surface area contributed by atoms with Gasteiger partial charge >= 0.3 is 0 Å². The summed E-state index contributed by atoms with van der Waals surface area (Å²) in [6.07, 6.45) is 9.23. The molecule has 0 bridgehead atoms. The van der Waals surface area contributed by atoms with Gasteiger partial charge in [-0.15, -0.1) is 10.2 Å². The lowest BCUT2D eigenvalue weighted by atomic mass is 9.97. The zero-order chi connectivity index (χ0) is 18.8. The van der Waals surface area contributed by atoms with Crippen LogP contribution in [0.2, 0.25) is 0 Å². The van der Waals surface area contributed by atoms with E-state index in [0.29, 0.717) is 18.8 Å². The summed E-state index contributed by atoms with van der Waals surface area (Å²) in [5, 5.41) is 13.1. The fourth-order valence-electron chi connectivity index (χ4n) is 3.60. The number of amides is 1. The highest BCUT2D eigenvalue weighted by atomic mass is 16.2. The minimum absolute atomic E-state index is 0.00675. The molecule has 9 nitrogen and oxygen atoms in total. The second-order valence-corrected chi connectivity index (χ2v) is 6.92. The molecule has 0 aliphatic carbocycles. The van der Waals surface area contributed by atoms with Crippen molar-refractivity contribution in [3.05, 3.63) is 48.3 Å². The zero-order valence-corrected chi connectivity index (χ0v) is 15.7. The fraction of sp³-hybridized carbons (Fsp3) is 0.500.